The Kier molecular flexibility index (Phi) is 4.30. The van der Waals surface area contributed by atoms with Crippen LogP contribution >= 0.6 is 34.8 Å². The lowest BCUT2D eigenvalue weighted by molar-refractivity contribution is 0.201. The zero-order chi connectivity index (χ0) is 16.6. The Bertz CT molecular complexity index is 897. The van der Waals surface area contributed by atoms with E-state index in [0.29, 0.717) is 21.3 Å². The van der Waals surface area contributed by atoms with Crippen LogP contribution in [0, 0.1) is 0 Å². The maximum absolute atomic E-state index is 11.7. The molecule has 0 saturated carbocycles. The largest absolute Gasteiger partial charge is 0.465 e. The molecular weight excluding hydrogens is 363 g/mol. The van der Waals surface area contributed by atoms with Crippen LogP contribution in [0.4, 0.5) is 10.6 Å². The minimum absolute atomic E-state index is 0.0145. The average Bonchev–Trinajstić information content (AvgIpc) is 2.93. The molecule has 0 unspecified atom stereocenters. The first kappa shape index (κ1) is 15.9. The summed E-state index contributed by atoms with van der Waals surface area (Å²) < 4.78 is 1.39. The van der Waals surface area contributed by atoms with Gasteiger partial charge in [-0.05, 0) is 17.7 Å². The Balaban J connectivity index is 2.07. The molecule has 0 atom stereocenters. The van der Waals surface area contributed by atoms with Gasteiger partial charge in [-0.25, -0.2) is 9.78 Å². The zero-order valence-electron chi connectivity index (χ0n) is 11.4. The van der Waals surface area contributed by atoms with E-state index in [4.69, 9.17) is 34.8 Å². The molecule has 0 aliphatic heterocycles. The van der Waals surface area contributed by atoms with Crippen molar-refractivity contribution < 1.29 is 9.90 Å². The van der Waals surface area contributed by atoms with E-state index in [1.807, 2.05) is 0 Å². The standard InChI is InChI=1S/C14H9Cl3N4O2/c15-9-2-1-8(10(16)5-9)7-20(14(22)23)13-6-11(17)19-12-3-4-18-21(12)13/h1-6H,7H2,(H,22,23). The van der Waals surface area contributed by atoms with Gasteiger partial charge in [0.1, 0.15) is 11.0 Å². The summed E-state index contributed by atoms with van der Waals surface area (Å²) in [7, 11) is 0. The molecule has 1 amide bonds. The second-order valence-electron chi connectivity index (χ2n) is 4.64. The predicted octanol–water partition coefficient (Wildman–Crippen LogP) is 4.37. The third-order valence-electron chi connectivity index (χ3n) is 3.16. The van der Waals surface area contributed by atoms with E-state index in [0.717, 1.165) is 4.90 Å². The van der Waals surface area contributed by atoms with Crippen molar-refractivity contribution in [1.29, 1.82) is 0 Å². The lowest BCUT2D eigenvalue weighted by Crippen LogP contribution is -2.30. The van der Waals surface area contributed by atoms with E-state index in [1.54, 1.807) is 24.3 Å². The topological polar surface area (TPSA) is 70.7 Å². The van der Waals surface area contributed by atoms with Gasteiger partial charge in [-0.3, -0.25) is 4.90 Å². The summed E-state index contributed by atoms with van der Waals surface area (Å²) in [6.07, 6.45) is 0.340. The Morgan fingerprint density at radius 3 is 2.70 bits per heavy atom. The maximum atomic E-state index is 11.7. The number of hydrogen-bond acceptors (Lipinski definition) is 3. The normalized spacial score (nSPS) is 10.9. The van der Waals surface area contributed by atoms with Crippen LogP contribution in [-0.2, 0) is 6.54 Å². The number of rotatable bonds is 3. The number of amides is 1. The molecule has 0 bridgehead atoms. The van der Waals surface area contributed by atoms with Crippen LogP contribution in [0.1, 0.15) is 5.56 Å². The van der Waals surface area contributed by atoms with Crippen LogP contribution < -0.4 is 4.90 Å². The fourth-order valence-corrected chi connectivity index (χ4v) is 2.78. The van der Waals surface area contributed by atoms with Gasteiger partial charge < -0.3 is 5.11 Å². The number of nitrogens with zero attached hydrogens (tertiary/aromatic N) is 4. The van der Waals surface area contributed by atoms with Gasteiger partial charge in [0.15, 0.2) is 5.65 Å². The summed E-state index contributed by atoms with van der Waals surface area (Å²) in [5.41, 5.74) is 1.05. The minimum Gasteiger partial charge on any atom is -0.465 e. The van der Waals surface area contributed by atoms with Crippen molar-refractivity contribution in [3.05, 3.63) is 57.3 Å². The molecule has 0 aliphatic carbocycles. The van der Waals surface area contributed by atoms with Gasteiger partial charge in [0.2, 0.25) is 0 Å². The van der Waals surface area contributed by atoms with Gasteiger partial charge in [-0.1, -0.05) is 40.9 Å². The summed E-state index contributed by atoms with van der Waals surface area (Å²) in [6, 6.07) is 7.93. The Morgan fingerprint density at radius 1 is 1.22 bits per heavy atom. The quantitative estimate of drug-likeness (QED) is 0.694. The van der Waals surface area contributed by atoms with Gasteiger partial charge in [0, 0.05) is 22.2 Å². The highest BCUT2D eigenvalue weighted by Gasteiger charge is 2.21. The smallest absolute Gasteiger partial charge is 0.413 e. The van der Waals surface area contributed by atoms with E-state index in [1.165, 1.54) is 16.8 Å². The van der Waals surface area contributed by atoms with Crippen molar-refractivity contribution in [2.75, 3.05) is 4.90 Å². The molecule has 2 heterocycles. The number of hydrogen-bond donors (Lipinski definition) is 1. The van der Waals surface area contributed by atoms with E-state index >= 15 is 0 Å². The number of carboxylic acid groups (broad SMARTS) is 1. The second kappa shape index (κ2) is 6.23. The highest BCUT2D eigenvalue weighted by molar-refractivity contribution is 6.35. The SMILES string of the molecule is O=C(O)N(Cc1ccc(Cl)cc1Cl)c1cc(Cl)nc2ccnn12. The van der Waals surface area contributed by atoms with Gasteiger partial charge in [0.05, 0.1) is 12.7 Å². The number of anilines is 1. The molecule has 0 aliphatic rings. The van der Waals surface area contributed by atoms with Crippen LogP contribution in [0.5, 0.6) is 0 Å². The summed E-state index contributed by atoms with van der Waals surface area (Å²) in [4.78, 5) is 16.9. The Hall–Kier alpha value is -2.02. The fourth-order valence-electron chi connectivity index (χ4n) is 2.13. The molecule has 1 N–H and O–H groups in total. The first-order chi connectivity index (χ1) is 11.0. The molecule has 6 nitrogen and oxygen atoms in total. The molecule has 118 valence electrons. The van der Waals surface area contributed by atoms with Crippen molar-refractivity contribution in [3.63, 3.8) is 0 Å². The highest BCUT2D eigenvalue weighted by atomic mass is 35.5. The molecule has 23 heavy (non-hydrogen) atoms. The zero-order valence-corrected chi connectivity index (χ0v) is 13.7. The lowest BCUT2D eigenvalue weighted by atomic mass is 10.2. The molecule has 1 aromatic carbocycles. The van der Waals surface area contributed by atoms with Gasteiger partial charge >= 0.3 is 6.09 Å². The van der Waals surface area contributed by atoms with Crippen LogP contribution in [0.15, 0.2) is 36.5 Å². The summed E-state index contributed by atoms with van der Waals surface area (Å²) >= 11 is 18.0. The van der Waals surface area contributed by atoms with Crippen molar-refractivity contribution in [2.45, 2.75) is 6.54 Å². The van der Waals surface area contributed by atoms with Crippen LogP contribution in [-0.4, -0.2) is 25.8 Å². The summed E-state index contributed by atoms with van der Waals surface area (Å²) in [5.74, 6) is 0.267. The molecule has 2 aromatic heterocycles. The number of benzene rings is 1. The van der Waals surface area contributed by atoms with Crippen LogP contribution in [0.3, 0.4) is 0 Å². The number of halogens is 3. The second-order valence-corrected chi connectivity index (χ2v) is 5.87. The van der Waals surface area contributed by atoms with E-state index < -0.39 is 6.09 Å². The first-order valence-corrected chi connectivity index (χ1v) is 7.54. The van der Waals surface area contributed by atoms with Crippen molar-refractivity contribution >= 4 is 52.4 Å². The maximum Gasteiger partial charge on any atom is 0.413 e. The molecular formula is C14H9Cl3N4O2. The highest BCUT2D eigenvalue weighted by Crippen LogP contribution is 2.26. The Labute approximate surface area is 145 Å². The summed E-state index contributed by atoms with van der Waals surface area (Å²) in [5, 5.41) is 14.7. The molecule has 0 spiro atoms. The summed E-state index contributed by atoms with van der Waals surface area (Å²) in [6.45, 7) is 0.0145. The van der Waals surface area contributed by atoms with Crippen molar-refractivity contribution in [3.8, 4) is 0 Å². The van der Waals surface area contributed by atoms with Crippen molar-refractivity contribution in [2.24, 2.45) is 0 Å². The van der Waals surface area contributed by atoms with Crippen LogP contribution in [0.2, 0.25) is 15.2 Å². The number of fused-ring (bicyclic) bond motifs is 1. The molecule has 0 radical (unpaired) electrons. The van der Waals surface area contributed by atoms with E-state index in [-0.39, 0.29) is 17.5 Å². The number of aromatic nitrogens is 3. The average molecular weight is 372 g/mol. The molecule has 0 saturated heterocycles. The third kappa shape index (κ3) is 3.19. The molecule has 9 heteroatoms. The molecule has 3 rings (SSSR count). The van der Waals surface area contributed by atoms with E-state index in [2.05, 4.69) is 10.1 Å². The first-order valence-electron chi connectivity index (χ1n) is 6.40. The fraction of sp³-hybridized carbons (Fsp3) is 0.0714. The van der Waals surface area contributed by atoms with Gasteiger partial charge in [-0.2, -0.15) is 9.61 Å². The van der Waals surface area contributed by atoms with Crippen LogP contribution in [0.25, 0.3) is 5.65 Å². The van der Waals surface area contributed by atoms with E-state index in [9.17, 15) is 9.90 Å². The molecule has 0 fully saturated rings. The Morgan fingerprint density at radius 2 is 2.00 bits per heavy atom. The predicted molar refractivity (Wildman–Crippen MR) is 88.7 cm³/mol. The third-order valence-corrected chi connectivity index (χ3v) is 3.94. The molecule has 3 aromatic rings. The monoisotopic (exact) mass is 370 g/mol. The minimum atomic E-state index is -1.17. The lowest BCUT2D eigenvalue weighted by Gasteiger charge is -2.20. The van der Waals surface area contributed by atoms with Gasteiger partial charge in [0.25, 0.3) is 0 Å². The number of carbonyl (C=O) groups is 1. The van der Waals surface area contributed by atoms with Gasteiger partial charge in [-0.15, -0.1) is 0 Å². The van der Waals surface area contributed by atoms with Crippen molar-refractivity contribution in [1.82, 2.24) is 14.6 Å².